The van der Waals surface area contributed by atoms with E-state index >= 15 is 0 Å². The Morgan fingerprint density at radius 2 is 1.79 bits per heavy atom. The molecule has 0 radical (unpaired) electrons. The topological polar surface area (TPSA) is 71.1 Å². The van der Waals surface area contributed by atoms with Gasteiger partial charge in [0.05, 0.1) is 20.1 Å². The first-order valence-corrected chi connectivity index (χ1v) is 10.1. The van der Waals surface area contributed by atoms with E-state index in [4.69, 9.17) is 9.47 Å². The molecule has 3 atom stereocenters. The predicted octanol–water partition coefficient (Wildman–Crippen LogP) is 1.19. The Labute approximate surface area is 178 Å². The summed E-state index contributed by atoms with van der Waals surface area (Å²) < 4.78 is 10.6. The molecule has 0 saturated carbocycles. The molecule has 160 valence electrons. The van der Waals surface area contributed by atoms with Crippen molar-refractivity contribution in [1.82, 2.24) is 15.1 Å². The highest BCUT2D eigenvalue weighted by Crippen LogP contribution is 2.30. The Morgan fingerprint density at radius 1 is 1.10 bits per heavy atom. The van der Waals surface area contributed by atoms with Crippen LogP contribution in [0.25, 0.3) is 0 Å². The first-order chi connectivity index (χ1) is 13.6. The quantitative estimate of drug-likeness (QED) is 0.744. The molecule has 3 saturated heterocycles. The van der Waals surface area contributed by atoms with E-state index in [0.29, 0.717) is 42.8 Å². The van der Waals surface area contributed by atoms with Gasteiger partial charge in [-0.3, -0.25) is 9.59 Å². The van der Waals surface area contributed by atoms with Crippen LogP contribution in [0.1, 0.15) is 12.0 Å². The fourth-order valence-electron chi connectivity index (χ4n) is 4.75. The van der Waals surface area contributed by atoms with Crippen LogP contribution in [0.2, 0.25) is 0 Å². The van der Waals surface area contributed by atoms with Gasteiger partial charge in [-0.1, -0.05) is 6.07 Å². The van der Waals surface area contributed by atoms with E-state index in [1.54, 1.807) is 14.2 Å². The van der Waals surface area contributed by atoms with E-state index in [1.165, 1.54) is 0 Å². The van der Waals surface area contributed by atoms with Crippen LogP contribution >= 0.6 is 12.4 Å². The fraction of sp³-hybridized carbons (Fsp3) is 0.619. The summed E-state index contributed by atoms with van der Waals surface area (Å²) in [6.45, 7) is 4.85. The van der Waals surface area contributed by atoms with Crippen LogP contribution in [0.5, 0.6) is 11.5 Å². The lowest BCUT2D eigenvalue weighted by atomic mass is 10.0. The zero-order valence-electron chi connectivity index (χ0n) is 17.1. The largest absolute Gasteiger partial charge is 0.493 e. The van der Waals surface area contributed by atoms with Gasteiger partial charge in [-0.15, -0.1) is 12.4 Å². The molecule has 0 aromatic heterocycles. The standard InChI is InChI=1S/C21H29N3O4.ClH/c1-27-18-4-3-14(7-19(18)28-2)5-6-23-11-15(8-20(23)25)21(26)24-12-16-9-22-10-17(16)13-24;/h3-4,7,15-17,22H,5-6,8-13H2,1-2H3;1H/t15?,16-,17+;. The van der Waals surface area contributed by atoms with Crippen molar-refractivity contribution >= 4 is 24.2 Å². The lowest BCUT2D eigenvalue weighted by Gasteiger charge is -2.22. The summed E-state index contributed by atoms with van der Waals surface area (Å²) >= 11 is 0. The summed E-state index contributed by atoms with van der Waals surface area (Å²) in [5.41, 5.74) is 1.08. The first-order valence-electron chi connectivity index (χ1n) is 10.1. The van der Waals surface area contributed by atoms with Gasteiger partial charge in [-0.05, 0) is 36.0 Å². The van der Waals surface area contributed by atoms with Crippen molar-refractivity contribution in [1.29, 1.82) is 0 Å². The second-order valence-electron chi connectivity index (χ2n) is 8.10. The van der Waals surface area contributed by atoms with Gasteiger partial charge in [-0.25, -0.2) is 0 Å². The summed E-state index contributed by atoms with van der Waals surface area (Å²) in [5.74, 6) is 2.61. The van der Waals surface area contributed by atoms with E-state index in [0.717, 1.165) is 38.2 Å². The molecule has 3 aliphatic rings. The lowest BCUT2D eigenvalue weighted by molar-refractivity contribution is -0.135. The highest BCUT2D eigenvalue weighted by atomic mass is 35.5. The second-order valence-corrected chi connectivity index (χ2v) is 8.10. The molecule has 1 unspecified atom stereocenters. The van der Waals surface area contributed by atoms with E-state index in [9.17, 15) is 9.59 Å². The van der Waals surface area contributed by atoms with Crippen molar-refractivity contribution < 1.29 is 19.1 Å². The smallest absolute Gasteiger partial charge is 0.228 e. The van der Waals surface area contributed by atoms with Gasteiger partial charge in [0.15, 0.2) is 11.5 Å². The van der Waals surface area contributed by atoms with Gasteiger partial charge in [0, 0.05) is 45.7 Å². The maximum atomic E-state index is 12.9. The minimum absolute atomic E-state index is 0. The number of amides is 2. The van der Waals surface area contributed by atoms with Crippen molar-refractivity contribution in [2.24, 2.45) is 17.8 Å². The summed E-state index contributed by atoms with van der Waals surface area (Å²) in [6.07, 6.45) is 1.07. The number of likely N-dealkylation sites (tertiary alicyclic amines) is 2. The van der Waals surface area contributed by atoms with Crippen LogP contribution < -0.4 is 14.8 Å². The number of fused-ring (bicyclic) bond motifs is 1. The number of halogens is 1. The molecule has 1 aromatic rings. The third-order valence-electron chi connectivity index (χ3n) is 6.38. The van der Waals surface area contributed by atoms with Crippen LogP contribution in [-0.4, -0.2) is 75.1 Å². The lowest BCUT2D eigenvalue weighted by Crippen LogP contribution is -2.37. The monoisotopic (exact) mass is 423 g/mol. The van der Waals surface area contributed by atoms with Crippen LogP contribution in [0.3, 0.4) is 0 Å². The Bertz CT molecular complexity index is 747. The molecule has 1 N–H and O–H groups in total. The van der Waals surface area contributed by atoms with Crippen LogP contribution in [0.15, 0.2) is 18.2 Å². The highest BCUT2D eigenvalue weighted by molar-refractivity contribution is 5.89. The summed E-state index contributed by atoms with van der Waals surface area (Å²) in [6, 6.07) is 5.81. The van der Waals surface area contributed by atoms with E-state index in [-0.39, 0.29) is 30.1 Å². The Balaban J connectivity index is 0.00000240. The molecule has 0 spiro atoms. The molecule has 2 amide bonds. The highest BCUT2D eigenvalue weighted by Gasteiger charge is 2.42. The van der Waals surface area contributed by atoms with Gasteiger partial charge < -0.3 is 24.6 Å². The van der Waals surface area contributed by atoms with Crippen molar-refractivity contribution in [2.75, 3.05) is 53.5 Å². The fourth-order valence-corrected chi connectivity index (χ4v) is 4.75. The summed E-state index contributed by atoms with van der Waals surface area (Å²) in [5, 5.41) is 3.40. The summed E-state index contributed by atoms with van der Waals surface area (Å²) in [7, 11) is 3.23. The van der Waals surface area contributed by atoms with Crippen molar-refractivity contribution in [2.45, 2.75) is 12.8 Å². The molecule has 29 heavy (non-hydrogen) atoms. The minimum atomic E-state index is -0.190. The third-order valence-corrected chi connectivity index (χ3v) is 6.38. The number of rotatable bonds is 6. The Hall–Kier alpha value is -1.99. The number of nitrogens with one attached hydrogen (secondary N) is 1. The molecule has 3 heterocycles. The van der Waals surface area contributed by atoms with Crippen molar-refractivity contribution in [3.05, 3.63) is 23.8 Å². The van der Waals surface area contributed by atoms with Crippen LogP contribution in [0, 0.1) is 17.8 Å². The molecule has 0 bridgehead atoms. The molecular weight excluding hydrogens is 394 g/mol. The van der Waals surface area contributed by atoms with Gasteiger partial charge in [0.1, 0.15) is 0 Å². The minimum Gasteiger partial charge on any atom is -0.493 e. The molecule has 3 aliphatic heterocycles. The Morgan fingerprint density at radius 3 is 2.45 bits per heavy atom. The molecule has 4 rings (SSSR count). The molecule has 3 fully saturated rings. The summed E-state index contributed by atoms with van der Waals surface area (Å²) in [4.78, 5) is 29.2. The molecule has 7 nitrogen and oxygen atoms in total. The van der Waals surface area contributed by atoms with Crippen LogP contribution in [0.4, 0.5) is 0 Å². The molecule has 0 aliphatic carbocycles. The predicted molar refractivity (Wildman–Crippen MR) is 112 cm³/mol. The van der Waals surface area contributed by atoms with Gasteiger partial charge >= 0.3 is 0 Å². The molecule has 8 heteroatoms. The number of carbonyl (C=O) groups is 2. The van der Waals surface area contributed by atoms with E-state index in [2.05, 4.69) is 5.32 Å². The van der Waals surface area contributed by atoms with Gasteiger partial charge in [-0.2, -0.15) is 0 Å². The zero-order chi connectivity index (χ0) is 19.7. The number of ether oxygens (including phenoxy) is 2. The van der Waals surface area contributed by atoms with E-state index < -0.39 is 0 Å². The van der Waals surface area contributed by atoms with E-state index in [1.807, 2.05) is 28.0 Å². The van der Waals surface area contributed by atoms with Crippen molar-refractivity contribution in [3.8, 4) is 11.5 Å². The maximum absolute atomic E-state index is 12.9. The molecular formula is C21H30ClN3O4. The third kappa shape index (κ3) is 4.46. The number of benzene rings is 1. The number of carbonyl (C=O) groups excluding carboxylic acids is 2. The molecule has 1 aromatic carbocycles. The normalized spacial score (nSPS) is 25.7. The Kier molecular flexibility index (Phi) is 6.90. The first kappa shape index (κ1) is 21.7. The average Bonchev–Trinajstić information content (AvgIpc) is 3.40. The van der Waals surface area contributed by atoms with Crippen molar-refractivity contribution in [3.63, 3.8) is 0 Å². The number of hydrogen-bond acceptors (Lipinski definition) is 5. The zero-order valence-corrected chi connectivity index (χ0v) is 17.9. The second kappa shape index (κ2) is 9.22. The number of hydrogen-bond donors (Lipinski definition) is 1. The maximum Gasteiger partial charge on any atom is 0.228 e. The van der Waals surface area contributed by atoms with Gasteiger partial charge in [0.2, 0.25) is 11.8 Å². The number of methoxy groups -OCH3 is 2. The number of nitrogens with zero attached hydrogens (tertiary/aromatic N) is 2. The van der Waals surface area contributed by atoms with Gasteiger partial charge in [0.25, 0.3) is 0 Å². The van der Waals surface area contributed by atoms with Crippen LogP contribution in [-0.2, 0) is 16.0 Å². The SMILES string of the molecule is COc1ccc(CCN2CC(C(=O)N3C[C@H]4CNC[C@H]4C3)CC2=O)cc1OC.Cl. The average molecular weight is 424 g/mol.